The number of hydrogen-bond acceptors (Lipinski definition) is 6. The fourth-order valence-corrected chi connectivity index (χ4v) is 6.52. The Kier molecular flexibility index (Phi) is 6.24. The Bertz CT molecular complexity index is 893. The minimum Gasteiger partial charge on any atom is -0.457 e. The Morgan fingerprint density at radius 3 is 2.45 bits per heavy atom. The molecule has 0 amide bonds. The fourth-order valence-electron chi connectivity index (χ4n) is 4.82. The van der Waals surface area contributed by atoms with Gasteiger partial charge in [-0.05, 0) is 58.4 Å². The van der Waals surface area contributed by atoms with Gasteiger partial charge in [-0.2, -0.15) is 0 Å². The summed E-state index contributed by atoms with van der Waals surface area (Å²) < 4.78 is 31.0. The zero-order chi connectivity index (χ0) is 21.4. The summed E-state index contributed by atoms with van der Waals surface area (Å²) in [6.07, 6.45) is 3.09. The van der Waals surface area contributed by atoms with Crippen molar-refractivity contribution in [2.75, 3.05) is 18.1 Å². The van der Waals surface area contributed by atoms with Crippen molar-refractivity contribution in [2.45, 2.75) is 71.4 Å². The smallest absolute Gasteiger partial charge is 0.312 e. The Morgan fingerprint density at radius 1 is 1.24 bits per heavy atom. The summed E-state index contributed by atoms with van der Waals surface area (Å²) in [5.74, 6) is -0.378. The van der Waals surface area contributed by atoms with Gasteiger partial charge in [-0.1, -0.05) is 6.92 Å². The van der Waals surface area contributed by atoms with Crippen LogP contribution in [0.5, 0.6) is 0 Å². The van der Waals surface area contributed by atoms with Crippen molar-refractivity contribution >= 4 is 21.6 Å². The molecule has 7 nitrogen and oxygen atoms in total. The molecule has 1 aliphatic carbocycles. The van der Waals surface area contributed by atoms with Crippen LogP contribution in [0.4, 0.5) is 0 Å². The van der Waals surface area contributed by atoms with Gasteiger partial charge in [0.1, 0.15) is 0 Å². The van der Waals surface area contributed by atoms with E-state index in [4.69, 9.17) is 4.74 Å². The molecule has 0 spiro atoms. The maximum Gasteiger partial charge on any atom is 0.312 e. The van der Waals surface area contributed by atoms with Gasteiger partial charge in [-0.3, -0.25) is 9.59 Å². The highest BCUT2D eigenvalue weighted by Gasteiger charge is 2.41. The lowest BCUT2D eigenvalue weighted by Crippen LogP contribution is -2.38. The minimum atomic E-state index is -3.03. The molecule has 2 heterocycles. The van der Waals surface area contributed by atoms with Crippen molar-refractivity contribution in [3.63, 3.8) is 0 Å². The van der Waals surface area contributed by atoms with Crippen LogP contribution in [0.25, 0.3) is 0 Å². The van der Waals surface area contributed by atoms with Crippen LogP contribution >= 0.6 is 0 Å². The first kappa shape index (κ1) is 22.0. The van der Waals surface area contributed by atoms with Gasteiger partial charge in [0.15, 0.2) is 16.4 Å². The molecule has 2 fully saturated rings. The van der Waals surface area contributed by atoms with Gasteiger partial charge in [0.25, 0.3) is 0 Å². The van der Waals surface area contributed by atoms with Crippen molar-refractivity contribution in [2.24, 2.45) is 5.41 Å². The van der Waals surface area contributed by atoms with E-state index in [1.54, 1.807) is 6.07 Å². The molecule has 1 aromatic rings. The molecule has 8 heteroatoms. The number of hydrogen-bond donors (Lipinski definition) is 1. The fraction of sp³-hybridized carbons (Fsp3) is 0.714. The molecule has 1 saturated carbocycles. The van der Waals surface area contributed by atoms with Crippen LogP contribution in [-0.2, 0) is 19.4 Å². The first-order valence-electron chi connectivity index (χ1n) is 10.4. The average Bonchev–Trinajstić information content (AvgIpc) is 3.18. The number of aromatic nitrogens is 1. The first-order chi connectivity index (χ1) is 13.6. The minimum absolute atomic E-state index is 0.0941. The largest absolute Gasteiger partial charge is 0.457 e. The lowest BCUT2D eigenvalue weighted by molar-refractivity contribution is -0.158. The van der Waals surface area contributed by atoms with Gasteiger partial charge < -0.3 is 14.4 Å². The SMILES string of the molecule is CCC1(C(=O)OCC(=O)c2cc(C)n([C@@H]3CCS(=O)(=O)C3)c2C)CCC(O)CC1. The van der Waals surface area contributed by atoms with E-state index in [2.05, 4.69) is 0 Å². The maximum absolute atomic E-state index is 12.8. The highest BCUT2D eigenvalue weighted by atomic mass is 32.2. The average molecular weight is 426 g/mol. The third-order valence-electron chi connectivity index (χ3n) is 6.71. The Labute approximate surface area is 172 Å². The summed E-state index contributed by atoms with van der Waals surface area (Å²) in [5, 5.41) is 9.72. The van der Waals surface area contributed by atoms with Crippen molar-refractivity contribution in [3.05, 3.63) is 23.0 Å². The Hall–Kier alpha value is -1.67. The first-order valence-corrected chi connectivity index (χ1v) is 12.2. The summed E-state index contributed by atoms with van der Waals surface area (Å²) >= 11 is 0. The van der Waals surface area contributed by atoms with E-state index < -0.39 is 15.3 Å². The van der Waals surface area contributed by atoms with Crippen molar-refractivity contribution in [1.82, 2.24) is 4.57 Å². The van der Waals surface area contributed by atoms with Crippen molar-refractivity contribution < 1.29 is 27.9 Å². The number of rotatable bonds is 6. The van der Waals surface area contributed by atoms with Crippen LogP contribution in [-0.4, -0.2) is 54.1 Å². The summed E-state index contributed by atoms with van der Waals surface area (Å²) in [4.78, 5) is 25.5. The van der Waals surface area contributed by atoms with Crippen molar-refractivity contribution in [3.8, 4) is 0 Å². The monoisotopic (exact) mass is 425 g/mol. The number of ether oxygens (including phenoxy) is 1. The highest BCUT2D eigenvalue weighted by molar-refractivity contribution is 7.91. The Morgan fingerprint density at radius 2 is 1.90 bits per heavy atom. The second-order valence-electron chi connectivity index (χ2n) is 8.58. The lowest BCUT2D eigenvalue weighted by atomic mass is 9.71. The van der Waals surface area contributed by atoms with E-state index in [-0.39, 0.29) is 42.0 Å². The molecule has 0 radical (unpaired) electrons. The predicted molar refractivity (Wildman–Crippen MR) is 109 cm³/mol. The molecule has 1 atom stereocenters. The van der Waals surface area contributed by atoms with Gasteiger partial charge >= 0.3 is 5.97 Å². The number of aliphatic hydroxyl groups is 1. The molecule has 162 valence electrons. The van der Waals surface area contributed by atoms with Gasteiger partial charge in [-0.15, -0.1) is 0 Å². The molecule has 3 rings (SSSR count). The van der Waals surface area contributed by atoms with E-state index in [0.29, 0.717) is 44.1 Å². The number of esters is 1. The number of carbonyl (C=O) groups excluding carboxylic acids is 2. The normalized spacial score (nSPS) is 29.0. The van der Waals surface area contributed by atoms with E-state index in [1.165, 1.54) is 0 Å². The van der Waals surface area contributed by atoms with Crippen LogP contribution in [0.2, 0.25) is 0 Å². The predicted octanol–water partition coefficient (Wildman–Crippen LogP) is 2.52. The molecule has 0 unspecified atom stereocenters. The molecule has 2 aliphatic rings. The molecule has 1 saturated heterocycles. The molecule has 0 bridgehead atoms. The maximum atomic E-state index is 12.8. The number of aryl methyl sites for hydroxylation is 1. The zero-order valence-electron chi connectivity index (χ0n) is 17.4. The molecule has 29 heavy (non-hydrogen) atoms. The van der Waals surface area contributed by atoms with E-state index in [0.717, 1.165) is 11.4 Å². The van der Waals surface area contributed by atoms with E-state index >= 15 is 0 Å². The lowest BCUT2D eigenvalue weighted by Gasteiger charge is -2.35. The number of Topliss-reactive ketones (excluding diaryl/α,β-unsaturated/α-hetero) is 1. The second kappa shape index (κ2) is 8.22. The third-order valence-corrected chi connectivity index (χ3v) is 8.47. The molecular formula is C21H31NO6S. The van der Waals surface area contributed by atoms with Crippen LogP contribution < -0.4 is 0 Å². The van der Waals surface area contributed by atoms with Gasteiger partial charge in [0.05, 0.1) is 23.0 Å². The number of carbonyl (C=O) groups is 2. The summed E-state index contributed by atoms with van der Waals surface area (Å²) in [7, 11) is -3.03. The van der Waals surface area contributed by atoms with Gasteiger partial charge in [0, 0.05) is 23.0 Å². The summed E-state index contributed by atoms with van der Waals surface area (Å²) in [5.41, 5.74) is 1.42. The highest BCUT2D eigenvalue weighted by Crippen LogP contribution is 2.40. The van der Waals surface area contributed by atoms with Crippen LogP contribution in [0.3, 0.4) is 0 Å². The molecule has 1 aliphatic heterocycles. The topological polar surface area (TPSA) is 103 Å². The van der Waals surface area contributed by atoms with E-state index in [1.807, 2.05) is 25.3 Å². The summed E-state index contributed by atoms with van der Waals surface area (Å²) in [6, 6.07) is 1.60. The standard InChI is InChI=1S/C21H31NO6S/c1-4-21(8-5-17(23)6-9-21)20(25)28-12-19(24)18-11-14(2)22(15(18)3)16-7-10-29(26,27)13-16/h11,16-17,23H,4-10,12-13H2,1-3H3/t16-,17?,21?/m1/s1. The number of nitrogens with zero attached hydrogens (tertiary/aromatic N) is 1. The van der Waals surface area contributed by atoms with Gasteiger partial charge in [0.2, 0.25) is 5.78 Å². The zero-order valence-corrected chi connectivity index (χ0v) is 18.3. The van der Waals surface area contributed by atoms with E-state index in [9.17, 15) is 23.1 Å². The van der Waals surface area contributed by atoms with Crippen molar-refractivity contribution in [1.29, 1.82) is 0 Å². The van der Waals surface area contributed by atoms with Gasteiger partial charge in [-0.25, -0.2) is 8.42 Å². The number of sulfone groups is 1. The van der Waals surface area contributed by atoms with Crippen LogP contribution in [0.1, 0.15) is 73.2 Å². The van der Waals surface area contributed by atoms with Crippen LogP contribution in [0, 0.1) is 19.3 Å². The quantitative estimate of drug-likeness (QED) is 0.555. The third kappa shape index (κ3) is 4.43. The summed E-state index contributed by atoms with van der Waals surface area (Å²) in [6.45, 7) is 5.28. The molecule has 1 aromatic heterocycles. The number of aliphatic hydroxyl groups excluding tert-OH is 1. The molecule has 0 aromatic carbocycles. The molecular weight excluding hydrogens is 394 g/mol. The second-order valence-corrected chi connectivity index (χ2v) is 10.8. The number of ketones is 1. The Balaban J connectivity index is 1.68. The van der Waals surface area contributed by atoms with Crippen LogP contribution in [0.15, 0.2) is 6.07 Å². The molecule has 1 N–H and O–H groups in total.